The molecule has 1 heterocycles. The van der Waals surface area contributed by atoms with Crippen LogP contribution in [0.5, 0.6) is 0 Å². The van der Waals surface area contributed by atoms with Gasteiger partial charge in [-0.25, -0.2) is 0 Å². The molecule has 0 fully saturated rings. The fraction of sp³-hybridized carbons (Fsp3) is 0.577. The highest BCUT2D eigenvalue weighted by molar-refractivity contribution is 6.43. The van der Waals surface area contributed by atoms with E-state index in [9.17, 15) is 0 Å². The summed E-state index contributed by atoms with van der Waals surface area (Å²) in [4.78, 5) is 4.69. The van der Waals surface area contributed by atoms with Crippen molar-refractivity contribution in [1.82, 2.24) is 4.98 Å². The molecule has 1 aromatic carbocycles. The molecule has 0 saturated heterocycles. The second-order valence-electron chi connectivity index (χ2n) is 12.5. The lowest BCUT2D eigenvalue weighted by Gasteiger charge is -2.48. The molecule has 12 radical (unpaired) electrons. The van der Waals surface area contributed by atoms with Crippen LogP contribution in [0.15, 0.2) is 36.5 Å². The smallest absolute Gasteiger partial charge is 0.0704 e. The maximum Gasteiger partial charge on any atom is 0.0704 e. The quantitative estimate of drug-likeness (QED) is 0.665. The lowest BCUT2D eigenvalue weighted by molar-refractivity contribution is 0.335. The second kappa shape index (κ2) is 8.46. The number of pyridine rings is 1. The summed E-state index contributed by atoms with van der Waals surface area (Å²) in [5, 5.41) is -3.38. The van der Waals surface area contributed by atoms with Gasteiger partial charge in [-0.15, -0.1) is 0 Å². The van der Waals surface area contributed by atoms with E-state index < -0.39 is 26.5 Å². The molecule has 0 spiro atoms. The Balaban J connectivity index is 2.70. The van der Waals surface area contributed by atoms with E-state index in [1.165, 1.54) is 0 Å². The van der Waals surface area contributed by atoms with E-state index in [0.717, 1.165) is 11.1 Å². The Bertz CT molecular complexity index is 987. The van der Waals surface area contributed by atoms with Crippen molar-refractivity contribution < 1.29 is 0 Å². The summed E-state index contributed by atoms with van der Waals surface area (Å²) in [5.41, 5.74) is 2.50. The number of rotatable bonds is 4. The highest BCUT2D eigenvalue weighted by Crippen LogP contribution is 2.45. The Hall–Kier alpha value is -1.24. The SMILES string of the molecule is [B]C([B])(c1ccc(-c2cc(C([B])([B])C(C)(C)C)c(C([B])([B])C(C)(C)C)cn2)cc1)C(C)(C)C. The highest BCUT2D eigenvalue weighted by atomic mass is 14.7. The van der Waals surface area contributed by atoms with E-state index in [2.05, 4.69) is 0 Å². The fourth-order valence-electron chi connectivity index (χ4n) is 3.44. The van der Waals surface area contributed by atoms with Crippen LogP contribution in [-0.2, 0) is 15.6 Å². The van der Waals surface area contributed by atoms with Crippen LogP contribution < -0.4 is 0 Å². The van der Waals surface area contributed by atoms with E-state index in [4.69, 9.17) is 52.1 Å². The van der Waals surface area contributed by atoms with Crippen molar-refractivity contribution >= 4 is 47.1 Å². The van der Waals surface area contributed by atoms with Crippen molar-refractivity contribution in [3.05, 3.63) is 53.2 Å². The number of hydrogen-bond donors (Lipinski definition) is 0. The fourth-order valence-corrected chi connectivity index (χ4v) is 3.44. The van der Waals surface area contributed by atoms with Gasteiger partial charge in [0.05, 0.1) is 52.8 Å². The molecule has 0 aliphatic heterocycles. The van der Waals surface area contributed by atoms with Gasteiger partial charge in [-0.2, -0.15) is 0 Å². The third-order valence-corrected chi connectivity index (χ3v) is 7.18. The van der Waals surface area contributed by atoms with Gasteiger partial charge in [0.2, 0.25) is 0 Å². The zero-order valence-electron chi connectivity index (χ0n) is 21.9. The minimum atomic E-state index is -1.20. The van der Waals surface area contributed by atoms with Crippen LogP contribution in [0.25, 0.3) is 11.3 Å². The van der Waals surface area contributed by atoms with Crippen LogP contribution >= 0.6 is 0 Å². The zero-order chi connectivity index (χ0) is 25.8. The molecule has 33 heavy (non-hydrogen) atoms. The van der Waals surface area contributed by atoms with Gasteiger partial charge in [0, 0.05) is 11.8 Å². The van der Waals surface area contributed by atoms with Crippen LogP contribution in [0.2, 0.25) is 0 Å². The Labute approximate surface area is 210 Å². The van der Waals surface area contributed by atoms with Crippen LogP contribution in [0.1, 0.15) is 79.0 Å². The topological polar surface area (TPSA) is 12.9 Å². The van der Waals surface area contributed by atoms with E-state index in [1.54, 1.807) is 6.20 Å². The average Bonchev–Trinajstić information content (AvgIpc) is 2.65. The Morgan fingerprint density at radius 2 is 0.939 bits per heavy atom. The summed E-state index contributed by atoms with van der Waals surface area (Å²) in [5.74, 6) is 0. The summed E-state index contributed by atoms with van der Waals surface area (Å²) in [6.45, 7) is 18.0. The number of nitrogens with zero attached hydrogens (tertiary/aromatic N) is 1. The summed E-state index contributed by atoms with van der Waals surface area (Å²) in [6.07, 6.45) is 1.70. The van der Waals surface area contributed by atoms with E-state index in [-0.39, 0.29) is 5.41 Å². The van der Waals surface area contributed by atoms with Crippen molar-refractivity contribution in [1.29, 1.82) is 0 Å². The van der Waals surface area contributed by atoms with Gasteiger partial charge >= 0.3 is 0 Å². The minimum absolute atomic E-state index is 0.314. The van der Waals surface area contributed by atoms with Crippen molar-refractivity contribution in [2.24, 2.45) is 16.2 Å². The van der Waals surface area contributed by atoms with Crippen molar-refractivity contribution in [3.8, 4) is 11.3 Å². The van der Waals surface area contributed by atoms with Crippen molar-refractivity contribution in [3.63, 3.8) is 0 Å². The third-order valence-electron chi connectivity index (χ3n) is 7.18. The molecule has 0 unspecified atom stereocenters. The lowest BCUT2D eigenvalue weighted by atomic mass is 9.35. The molecule has 160 valence electrons. The Kier molecular flexibility index (Phi) is 7.17. The standard InChI is InChI=1S/C26H33B6N/c1-21(2,3)24(27,28)17-12-10-16(11-13-17)20-14-18(25(29,30)22(4,5)6)19(15-33-20)26(31,32)23(7,8)9/h10-15H,1-9H3. The molecule has 0 bridgehead atoms. The maximum atomic E-state index is 6.74. The van der Waals surface area contributed by atoms with Crippen molar-refractivity contribution in [2.75, 3.05) is 0 Å². The van der Waals surface area contributed by atoms with Gasteiger partial charge in [0.15, 0.2) is 0 Å². The molecule has 0 aliphatic rings. The molecular weight excluding hydrogens is 391 g/mol. The minimum Gasteiger partial charge on any atom is -0.256 e. The van der Waals surface area contributed by atoms with Gasteiger partial charge in [-0.1, -0.05) is 113 Å². The predicted molar refractivity (Wildman–Crippen MR) is 148 cm³/mol. The van der Waals surface area contributed by atoms with Crippen LogP contribution in [-0.4, -0.2) is 52.1 Å². The summed E-state index contributed by atoms with van der Waals surface area (Å²) >= 11 is 0. The molecule has 2 rings (SSSR count). The maximum absolute atomic E-state index is 6.74. The highest BCUT2D eigenvalue weighted by Gasteiger charge is 2.41. The first-order valence-corrected chi connectivity index (χ1v) is 11.4. The largest absolute Gasteiger partial charge is 0.256 e. The molecule has 2 aromatic rings. The van der Waals surface area contributed by atoms with Gasteiger partial charge in [0.25, 0.3) is 0 Å². The van der Waals surface area contributed by atoms with Gasteiger partial charge in [-0.3, -0.25) is 4.98 Å². The first-order valence-electron chi connectivity index (χ1n) is 11.4. The van der Waals surface area contributed by atoms with Crippen LogP contribution in [0.3, 0.4) is 0 Å². The summed E-state index contributed by atoms with van der Waals surface area (Å²) < 4.78 is 0. The normalized spacial score (nSPS) is 14.3. The monoisotopic (exact) mass is 425 g/mol. The first-order chi connectivity index (χ1) is 14.5. The Morgan fingerprint density at radius 1 is 0.545 bits per heavy atom. The van der Waals surface area contributed by atoms with Crippen LogP contribution in [0.4, 0.5) is 0 Å². The Morgan fingerprint density at radius 3 is 1.33 bits per heavy atom. The molecule has 0 aliphatic carbocycles. The molecule has 0 N–H and O–H groups in total. The molecule has 1 aromatic heterocycles. The number of aromatic nitrogens is 1. The van der Waals surface area contributed by atoms with Gasteiger partial charge < -0.3 is 0 Å². The lowest BCUT2D eigenvalue weighted by Crippen LogP contribution is -2.47. The number of hydrogen-bond acceptors (Lipinski definition) is 1. The molecule has 7 heteroatoms. The summed E-state index contributed by atoms with van der Waals surface area (Å²) in [6, 6.07) is 9.67. The van der Waals surface area contributed by atoms with E-state index >= 15 is 0 Å². The first kappa shape index (κ1) is 28.0. The average molecular weight is 424 g/mol. The van der Waals surface area contributed by atoms with Gasteiger partial charge in [0.1, 0.15) is 0 Å². The second-order valence-corrected chi connectivity index (χ2v) is 12.5. The molecule has 0 saturated carbocycles. The molecule has 0 atom stereocenters. The van der Waals surface area contributed by atoms with E-state index in [0.29, 0.717) is 16.8 Å². The van der Waals surface area contributed by atoms with Crippen molar-refractivity contribution in [2.45, 2.75) is 78.0 Å². The number of benzene rings is 1. The predicted octanol–water partition coefficient (Wildman–Crippen LogP) is 4.36. The zero-order valence-corrected chi connectivity index (χ0v) is 21.9. The summed E-state index contributed by atoms with van der Waals surface area (Å²) in [7, 11) is 39.7. The third kappa shape index (κ3) is 5.08. The molecular formula is C26H33B6N. The van der Waals surface area contributed by atoms with Gasteiger partial charge in [-0.05, 0) is 27.9 Å². The molecule has 0 amide bonds. The van der Waals surface area contributed by atoms with Crippen LogP contribution in [0, 0.1) is 16.2 Å². The molecule has 1 nitrogen and oxygen atoms in total. The van der Waals surface area contributed by atoms with E-state index in [1.807, 2.05) is 92.6 Å².